The van der Waals surface area contributed by atoms with Gasteiger partial charge < -0.3 is 20.1 Å². The predicted octanol–water partition coefficient (Wildman–Crippen LogP) is 13.2. The van der Waals surface area contributed by atoms with Gasteiger partial charge in [-0.25, -0.2) is 4.57 Å². The molecule has 3 N–H and O–H groups in total. The van der Waals surface area contributed by atoms with Crippen LogP contribution in [0, 0.1) is 0 Å². The Morgan fingerprint density at radius 1 is 0.527 bits per heavy atom. The Kier molecular flexibility index (Phi) is 40.9. The van der Waals surface area contributed by atoms with Crippen molar-refractivity contribution in [1.29, 1.82) is 0 Å². The summed E-state index contributed by atoms with van der Waals surface area (Å²) in [5.41, 5.74) is 5.35. The van der Waals surface area contributed by atoms with Gasteiger partial charge in [-0.3, -0.25) is 18.6 Å². The molecule has 0 aliphatic rings. The second-order valence-electron chi connectivity index (χ2n) is 15.3. The van der Waals surface area contributed by atoms with Crippen LogP contribution in [0.25, 0.3) is 0 Å². The highest BCUT2D eigenvalue weighted by molar-refractivity contribution is 7.47. The first-order valence-corrected chi connectivity index (χ1v) is 24.3. The van der Waals surface area contributed by atoms with Crippen LogP contribution in [-0.4, -0.2) is 49.3 Å². The molecule has 0 aromatic rings. The molecule has 0 bridgehead atoms. The van der Waals surface area contributed by atoms with Crippen LogP contribution in [-0.2, 0) is 32.7 Å². The molecule has 0 spiro atoms. The number of phosphoric ester groups is 1. The molecule has 0 aliphatic heterocycles. The van der Waals surface area contributed by atoms with E-state index in [1.165, 1.54) is 122 Å². The van der Waals surface area contributed by atoms with Crippen LogP contribution in [0.1, 0.15) is 219 Å². The van der Waals surface area contributed by atoms with Gasteiger partial charge in [0.2, 0.25) is 0 Å². The van der Waals surface area contributed by atoms with Crippen LogP contribution in [0.3, 0.4) is 0 Å². The standard InChI is InChI=1S/C45H86NO8P/c1-3-5-7-9-11-13-15-16-17-18-19-20-21-22-23-24-25-26-28-30-32-34-36-38-45(48)54-43(42-53-55(49,50)52-40-39-46)41-51-44(47)37-35-33-31-29-27-14-12-10-8-6-4-2/h10,12,18-19,43H,3-9,11,13-17,20-42,46H2,1-2H3,(H,49,50)/b12-10-,19-18-. The zero-order valence-electron chi connectivity index (χ0n) is 35.7. The maximum Gasteiger partial charge on any atom is 0.472 e. The number of unbranched alkanes of at least 4 members (excludes halogenated alkanes) is 26. The second kappa shape index (κ2) is 42.1. The molecule has 324 valence electrons. The zero-order chi connectivity index (χ0) is 40.3. The van der Waals surface area contributed by atoms with E-state index in [9.17, 15) is 19.0 Å². The van der Waals surface area contributed by atoms with Crippen LogP contribution in [0.5, 0.6) is 0 Å². The molecule has 0 saturated heterocycles. The summed E-state index contributed by atoms with van der Waals surface area (Å²) in [6.07, 6.45) is 45.1. The van der Waals surface area contributed by atoms with Crippen molar-refractivity contribution in [2.75, 3.05) is 26.4 Å². The van der Waals surface area contributed by atoms with E-state index in [1.807, 2.05) is 0 Å². The highest BCUT2D eigenvalue weighted by Crippen LogP contribution is 2.43. The number of nitrogens with two attached hydrogens (primary N) is 1. The topological polar surface area (TPSA) is 134 Å². The lowest BCUT2D eigenvalue weighted by molar-refractivity contribution is -0.161. The smallest absolute Gasteiger partial charge is 0.462 e. The minimum absolute atomic E-state index is 0.0533. The van der Waals surface area contributed by atoms with Crippen LogP contribution < -0.4 is 5.73 Å². The number of phosphoric acid groups is 1. The highest BCUT2D eigenvalue weighted by Gasteiger charge is 2.26. The average molecular weight is 800 g/mol. The fourth-order valence-electron chi connectivity index (χ4n) is 6.38. The molecule has 0 radical (unpaired) electrons. The number of hydrogen-bond donors (Lipinski definition) is 2. The normalized spacial score (nSPS) is 13.5. The highest BCUT2D eigenvalue weighted by atomic mass is 31.2. The molecule has 2 atom stereocenters. The van der Waals surface area contributed by atoms with Gasteiger partial charge in [-0.1, -0.05) is 173 Å². The van der Waals surface area contributed by atoms with Crippen molar-refractivity contribution < 1.29 is 37.6 Å². The molecule has 9 nitrogen and oxygen atoms in total. The van der Waals surface area contributed by atoms with Gasteiger partial charge in [0.1, 0.15) is 6.61 Å². The Morgan fingerprint density at radius 3 is 1.35 bits per heavy atom. The van der Waals surface area contributed by atoms with E-state index in [1.54, 1.807) is 0 Å². The Morgan fingerprint density at radius 2 is 0.909 bits per heavy atom. The molecule has 10 heteroatoms. The molecule has 0 aromatic heterocycles. The van der Waals surface area contributed by atoms with E-state index in [-0.39, 0.29) is 32.6 Å². The molecular formula is C45H86NO8P. The Hall–Kier alpha value is -1.51. The first-order valence-electron chi connectivity index (χ1n) is 22.8. The van der Waals surface area contributed by atoms with Gasteiger partial charge in [-0.05, 0) is 57.8 Å². The van der Waals surface area contributed by atoms with Crippen molar-refractivity contribution in [3.05, 3.63) is 24.3 Å². The largest absolute Gasteiger partial charge is 0.472 e. The summed E-state index contributed by atoms with van der Waals surface area (Å²) < 4.78 is 32.8. The number of carbonyl (C=O) groups excluding carboxylic acids is 2. The Balaban J connectivity index is 4.02. The van der Waals surface area contributed by atoms with Crippen molar-refractivity contribution >= 4 is 19.8 Å². The maximum atomic E-state index is 12.6. The third-order valence-corrected chi connectivity index (χ3v) is 10.8. The number of hydrogen-bond acceptors (Lipinski definition) is 8. The molecule has 0 aromatic carbocycles. The van der Waals surface area contributed by atoms with Gasteiger partial charge >= 0.3 is 19.8 Å². The number of esters is 2. The molecule has 0 aliphatic carbocycles. The molecule has 0 saturated carbocycles. The third-order valence-electron chi connectivity index (χ3n) is 9.81. The summed E-state index contributed by atoms with van der Waals surface area (Å²) in [7, 11) is -4.37. The number of ether oxygens (including phenoxy) is 2. The number of allylic oxidation sites excluding steroid dienone is 4. The Labute approximate surface area is 338 Å². The minimum Gasteiger partial charge on any atom is -0.462 e. The second-order valence-corrected chi connectivity index (χ2v) is 16.7. The zero-order valence-corrected chi connectivity index (χ0v) is 36.6. The van der Waals surface area contributed by atoms with Gasteiger partial charge in [-0.2, -0.15) is 0 Å². The summed E-state index contributed by atoms with van der Waals surface area (Å²) in [6.45, 7) is 3.70. The summed E-state index contributed by atoms with van der Waals surface area (Å²) in [5, 5.41) is 0. The molecule has 0 amide bonds. The molecular weight excluding hydrogens is 713 g/mol. The lowest BCUT2D eigenvalue weighted by Crippen LogP contribution is -2.29. The summed E-state index contributed by atoms with van der Waals surface area (Å²) in [6, 6.07) is 0. The van der Waals surface area contributed by atoms with Crippen LogP contribution >= 0.6 is 7.82 Å². The Bertz CT molecular complexity index is 959. The summed E-state index contributed by atoms with van der Waals surface area (Å²) in [4.78, 5) is 34.8. The van der Waals surface area contributed by atoms with E-state index in [0.717, 1.165) is 64.2 Å². The summed E-state index contributed by atoms with van der Waals surface area (Å²) in [5.74, 6) is -0.835. The van der Waals surface area contributed by atoms with Gasteiger partial charge in [0.05, 0.1) is 13.2 Å². The maximum absolute atomic E-state index is 12.6. The van der Waals surface area contributed by atoms with E-state index in [2.05, 4.69) is 38.2 Å². The van der Waals surface area contributed by atoms with E-state index >= 15 is 0 Å². The van der Waals surface area contributed by atoms with E-state index in [4.69, 9.17) is 24.3 Å². The van der Waals surface area contributed by atoms with Crippen molar-refractivity contribution in [2.24, 2.45) is 5.73 Å². The number of carbonyl (C=O) groups is 2. The van der Waals surface area contributed by atoms with Crippen molar-refractivity contribution in [3.63, 3.8) is 0 Å². The van der Waals surface area contributed by atoms with Crippen molar-refractivity contribution in [3.8, 4) is 0 Å². The van der Waals surface area contributed by atoms with Crippen LogP contribution in [0.15, 0.2) is 24.3 Å². The first kappa shape index (κ1) is 53.5. The van der Waals surface area contributed by atoms with E-state index < -0.39 is 32.5 Å². The fourth-order valence-corrected chi connectivity index (χ4v) is 7.14. The monoisotopic (exact) mass is 800 g/mol. The van der Waals surface area contributed by atoms with Gasteiger partial charge in [0.15, 0.2) is 6.10 Å². The first-order chi connectivity index (χ1) is 26.8. The fraction of sp³-hybridized carbons (Fsp3) is 0.867. The molecule has 2 unspecified atom stereocenters. The quantitative estimate of drug-likeness (QED) is 0.0267. The lowest BCUT2D eigenvalue weighted by Gasteiger charge is -2.19. The molecule has 55 heavy (non-hydrogen) atoms. The number of rotatable bonds is 43. The van der Waals surface area contributed by atoms with Gasteiger partial charge in [0, 0.05) is 19.4 Å². The van der Waals surface area contributed by atoms with Crippen molar-refractivity contribution in [1.82, 2.24) is 0 Å². The third kappa shape index (κ3) is 41.9. The molecule has 0 fully saturated rings. The van der Waals surface area contributed by atoms with Crippen molar-refractivity contribution in [2.45, 2.75) is 225 Å². The van der Waals surface area contributed by atoms with E-state index in [0.29, 0.717) is 6.42 Å². The summed E-state index contributed by atoms with van der Waals surface area (Å²) >= 11 is 0. The van der Waals surface area contributed by atoms with Crippen LogP contribution in [0.4, 0.5) is 0 Å². The molecule has 0 rings (SSSR count). The van der Waals surface area contributed by atoms with Gasteiger partial charge in [-0.15, -0.1) is 0 Å². The van der Waals surface area contributed by atoms with Gasteiger partial charge in [0.25, 0.3) is 0 Å². The lowest BCUT2D eigenvalue weighted by atomic mass is 10.0. The molecule has 0 heterocycles. The van der Waals surface area contributed by atoms with Crippen LogP contribution in [0.2, 0.25) is 0 Å². The average Bonchev–Trinajstić information content (AvgIpc) is 3.17. The minimum atomic E-state index is -4.37. The predicted molar refractivity (Wildman–Crippen MR) is 229 cm³/mol. The SMILES string of the molecule is CCCC/C=C\CCCCCCCC(=O)OCC(COP(=O)(O)OCCN)OC(=O)CCCCCCCCCCCCC/C=C\CCCCCCCCCC.